The number of carboxylic acids is 2. The molecule has 0 radical (unpaired) electrons. The van der Waals surface area contributed by atoms with Crippen LogP contribution < -0.4 is 11.1 Å². The number of carbonyl (C=O) groups is 3. The number of carbonyl (C=O) groups excluding carboxylic acids is 1. The highest BCUT2D eigenvalue weighted by Crippen LogP contribution is 2.03. The Kier molecular flexibility index (Phi) is 7.69. The summed E-state index contributed by atoms with van der Waals surface area (Å²) in [6, 6.07) is -1.16. The zero-order chi connectivity index (χ0) is 14.1. The molecule has 0 saturated carbocycles. The maximum Gasteiger partial charge on any atom is 0.326 e. The maximum atomic E-state index is 11.4. The van der Waals surface area contributed by atoms with E-state index in [9.17, 15) is 14.4 Å². The van der Waals surface area contributed by atoms with Crippen LogP contribution in [0.4, 0.5) is 0 Å². The van der Waals surface area contributed by atoms with Gasteiger partial charge in [0, 0.05) is 18.9 Å². The lowest BCUT2D eigenvalue weighted by atomic mass is 10.1. The molecular formula is C11H20N2O5. The highest BCUT2D eigenvalue weighted by molar-refractivity contribution is 5.83. The second-order valence-corrected chi connectivity index (χ2v) is 4.26. The fourth-order valence-corrected chi connectivity index (χ4v) is 1.34. The van der Waals surface area contributed by atoms with Gasteiger partial charge < -0.3 is 21.3 Å². The third kappa shape index (κ3) is 8.51. The first kappa shape index (κ1) is 16.4. The third-order valence-electron chi connectivity index (χ3n) is 2.34. The lowest BCUT2D eigenvalue weighted by Crippen LogP contribution is -2.41. The number of hydrogen-bond donors (Lipinski definition) is 4. The zero-order valence-corrected chi connectivity index (χ0v) is 10.4. The molecule has 7 heteroatoms. The molecule has 0 heterocycles. The number of hydrogen-bond acceptors (Lipinski definition) is 4. The zero-order valence-electron chi connectivity index (χ0n) is 10.4. The van der Waals surface area contributed by atoms with Crippen molar-refractivity contribution >= 4 is 17.8 Å². The summed E-state index contributed by atoms with van der Waals surface area (Å²) in [6.07, 6.45) is 0.846. The molecular weight excluding hydrogens is 240 g/mol. The Labute approximate surface area is 105 Å². The van der Waals surface area contributed by atoms with Crippen LogP contribution in [0.5, 0.6) is 0 Å². The van der Waals surface area contributed by atoms with Crippen LogP contribution in [0.2, 0.25) is 0 Å². The van der Waals surface area contributed by atoms with E-state index in [1.165, 1.54) is 0 Å². The van der Waals surface area contributed by atoms with Gasteiger partial charge in [-0.05, 0) is 26.2 Å². The molecule has 2 atom stereocenters. The summed E-state index contributed by atoms with van der Waals surface area (Å²) in [5.74, 6) is -2.52. The molecule has 0 rings (SSSR count). The van der Waals surface area contributed by atoms with E-state index >= 15 is 0 Å². The second kappa shape index (κ2) is 8.46. The molecule has 0 aromatic rings. The molecule has 0 aliphatic heterocycles. The van der Waals surface area contributed by atoms with E-state index in [4.69, 9.17) is 15.9 Å². The van der Waals surface area contributed by atoms with Crippen molar-refractivity contribution in [3.8, 4) is 0 Å². The molecule has 0 aliphatic carbocycles. The van der Waals surface area contributed by atoms with Crippen molar-refractivity contribution in [1.29, 1.82) is 0 Å². The molecule has 0 spiro atoms. The summed E-state index contributed by atoms with van der Waals surface area (Å²) in [5, 5.41) is 19.7. The van der Waals surface area contributed by atoms with Gasteiger partial charge in [0.2, 0.25) is 5.91 Å². The van der Waals surface area contributed by atoms with Gasteiger partial charge in [-0.25, -0.2) is 4.79 Å². The van der Waals surface area contributed by atoms with Crippen LogP contribution in [-0.4, -0.2) is 40.1 Å². The van der Waals surface area contributed by atoms with Crippen LogP contribution in [0.1, 0.15) is 39.0 Å². The molecule has 0 fully saturated rings. The van der Waals surface area contributed by atoms with Crippen molar-refractivity contribution in [3.05, 3.63) is 0 Å². The number of nitrogens with one attached hydrogen (secondary N) is 1. The van der Waals surface area contributed by atoms with Gasteiger partial charge >= 0.3 is 11.9 Å². The molecule has 104 valence electrons. The minimum Gasteiger partial charge on any atom is -0.481 e. The molecule has 1 amide bonds. The molecule has 0 aliphatic rings. The molecule has 18 heavy (non-hydrogen) atoms. The molecule has 1 unspecified atom stereocenters. The Morgan fingerprint density at radius 3 is 2.22 bits per heavy atom. The summed E-state index contributed by atoms with van der Waals surface area (Å²) in [6.45, 7) is 1.76. The molecule has 5 N–H and O–H groups in total. The van der Waals surface area contributed by atoms with Crippen molar-refractivity contribution in [2.24, 2.45) is 5.73 Å². The number of rotatable bonds is 9. The largest absolute Gasteiger partial charge is 0.481 e. The Hall–Kier alpha value is -1.63. The van der Waals surface area contributed by atoms with E-state index in [2.05, 4.69) is 5.32 Å². The van der Waals surface area contributed by atoms with Crippen LogP contribution in [0.25, 0.3) is 0 Å². The predicted octanol–water partition coefficient (Wildman–Crippen LogP) is -0.0619. The monoisotopic (exact) mass is 260 g/mol. The Bertz CT molecular complexity index is 304. The van der Waals surface area contributed by atoms with E-state index < -0.39 is 18.0 Å². The van der Waals surface area contributed by atoms with Gasteiger partial charge in [0.1, 0.15) is 6.04 Å². The first-order valence-corrected chi connectivity index (χ1v) is 5.82. The second-order valence-electron chi connectivity index (χ2n) is 4.26. The predicted molar refractivity (Wildman–Crippen MR) is 63.9 cm³/mol. The Morgan fingerprint density at radius 1 is 1.17 bits per heavy atom. The molecule has 0 aromatic heterocycles. The average Bonchev–Trinajstić information content (AvgIpc) is 2.24. The van der Waals surface area contributed by atoms with Gasteiger partial charge in [-0.3, -0.25) is 9.59 Å². The van der Waals surface area contributed by atoms with Crippen LogP contribution in [0, 0.1) is 0 Å². The van der Waals surface area contributed by atoms with Gasteiger partial charge in [0.15, 0.2) is 0 Å². The van der Waals surface area contributed by atoms with Crippen LogP contribution >= 0.6 is 0 Å². The normalized spacial score (nSPS) is 13.7. The summed E-state index contributed by atoms with van der Waals surface area (Å²) >= 11 is 0. The van der Waals surface area contributed by atoms with Crippen LogP contribution in [-0.2, 0) is 14.4 Å². The fourth-order valence-electron chi connectivity index (χ4n) is 1.34. The van der Waals surface area contributed by atoms with Gasteiger partial charge in [0.05, 0.1) is 0 Å². The van der Waals surface area contributed by atoms with Crippen LogP contribution in [0.15, 0.2) is 0 Å². The Morgan fingerprint density at radius 2 is 1.78 bits per heavy atom. The van der Waals surface area contributed by atoms with E-state index in [-0.39, 0.29) is 37.6 Å². The van der Waals surface area contributed by atoms with Crippen molar-refractivity contribution < 1.29 is 24.6 Å². The summed E-state index contributed by atoms with van der Waals surface area (Å²) in [5.41, 5.74) is 5.48. The van der Waals surface area contributed by atoms with E-state index in [1.807, 2.05) is 0 Å². The summed E-state index contributed by atoms with van der Waals surface area (Å²) in [4.78, 5) is 32.6. The van der Waals surface area contributed by atoms with E-state index in [1.54, 1.807) is 6.92 Å². The molecule has 0 aromatic carbocycles. The van der Waals surface area contributed by atoms with E-state index in [0.29, 0.717) is 6.42 Å². The van der Waals surface area contributed by atoms with Crippen LogP contribution in [0.3, 0.4) is 0 Å². The number of nitrogens with two attached hydrogens (primary N) is 1. The minimum absolute atomic E-state index is 0.103. The van der Waals surface area contributed by atoms with E-state index in [0.717, 1.165) is 0 Å². The maximum absolute atomic E-state index is 11.4. The van der Waals surface area contributed by atoms with Crippen molar-refractivity contribution in [1.82, 2.24) is 5.32 Å². The molecule has 0 bridgehead atoms. The van der Waals surface area contributed by atoms with Crippen molar-refractivity contribution in [2.45, 2.75) is 51.1 Å². The summed E-state index contributed by atoms with van der Waals surface area (Å²) < 4.78 is 0. The summed E-state index contributed by atoms with van der Waals surface area (Å²) in [7, 11) is 0. The average molecular weight is 260 g/mol. The van der Waals surface area contributed by atoms with Gasteiger partial charge in [0.25, 0.3) is 0 Å². The lowest BCUT2D eigenvalue weighted by Gasteiger charge is -2.14. The van der Waals surface area contributed by atoms with Gasteiger partial charge in [-0.1, -0.05) is 0 Å². The van der Waals surface area contributed by atoms with Crippen molar-refractivity contribution in [3.63, 3.8) is 0 Å². The molecule has 7 nitrogen and oxygen atoms in total. The highest BCUT2D eigenvalue weighted by atomic mass is 16.4. The minimum atomic E-state index is -1.16. The van der Waals surface area contributed by atoms with Crippen molar-refractivity contribution in [2.75, 3.05) is 0 Å². The quantitative estimate of drug-likeness (QED) is 0.459. The smallest absolute Gasteiger partial charge is 0.326 e. The standard InChI is InChI=1S/C11H20N2O5/c1-7(12)5-6-9(14)13-8(11(17)18)3-2-4-10(15)16/h7-8H,2-6,12H2,1H3,(H,13,14)(H,15,16)(H,17,18)/t7?,8-/m1/s1. The first-order valence-electron chi connectivity index (χ1n) is 5.82. The van der Waals surface area contributed by atoms with Gasteiger partial charge in [-0.2, -0.15) is 0 Å². The van der Waals surface area contributed by atoms with Gasteiger partial charge in [-0.15, -0.1) is 0 Å². The first-order chi connectivity index (χ1) is 8.32. The lowest BCUT2D eigenvalue weighted by molar-refractivity contribution is -0.142. The topological polar surface area (TPSA) is 130 Å². The number of carboxylic acid groups (broad SMARTS) is 2. The Balaban J connectivity index is 4.06. The number of amides is 1. The highest BCUT2D eigenvalue weighted by Gasteiger charge is 2.19. The SMILES string of the molecule is CC(N)CCC(=O)N[C@H](CCCC(=O)O)C(=O)O. The number of aliphatic carboxylic acids is 2. The fraction of sp³-hybridized carbons (Fsp3) is 0.727. The molecule has 0 saturated heterocycles. The third-order valence-corrected chi connectivity index (χ3v) is 2.34.